The Balaban J connectivity index is 1.98. The summed E-state index contributed by atoms with van der Waals surface area (Å²) in [5.41, 5.74) is 5.74. The van der Waals surface area contributed by atoms with Crippen molar-refractivity contribution in [2.24, 2.45) is 0 Å². The lowest BCUT2D eigenvalue weighted by Gasteiger charge is -2.20. The summed E-state index contributed by atoms with van der Waals surface area (Å²) in [5, 5.41) is 5.25. The first-order valence-electron chi connectivity index (χ1n) is 11.2. The lowest BCUT2D eigenvalue weighted by Crippen LogP contribution is -2.43. The number of halogens is 2. The molecule has 190 valence electrons. The van der Waals surface area contributed by atoms with Gasteiger partial charge in [0.25, 0.3) is 5.91 Å². The van der Waals surface area contributed by atoms with Crippen LogP contribution in [0.1, 0.15) is 50.4 Å². The fourth-order valence-electron chi connectivity index (χ4n) is 3.08. The summed E-state index contributed by atoms with van der Waals surface area (Å²) in [6.07, 6.45) is 0.615. The minimum absolute atomic E-state index is 0.214. The Hall–Kier alpha value is -3.69. The van der Waals surface area contributed by atoms with Crippen LogP contribution in [0.5, 0.6) is 5.75 Å². The molecule has 0 aliphatic carbocycles. The van der Waals surface area contributed by atoms with Crippen molar-refractivity contribution in [1.29, 1.82) is 0 Å². The van der Waals surface area contributed by atoms with E-state index in [0.717, 1.165) is 12.1 Å². The van der Waals surface area contributed by atoms with E-state index in [-0.39, 0.29) is 12.0 Å². The van der Waals surface area contributed by atoms with Gasteiger partial charge in [-0.2, -0.15) is 0 Å². The Bertz CT molecular complexity index is 1020. The van der Waals surface area contributed by atoms with Gasteiger partial charge in [-0.05, 0) is 70.4 Å². The summed E-state index contributed by atoms with van der Waals surface area (Å²) in [4.78, 5) is 37.2. The topological polar surface area (TPSA) is 120 Å². The van der Waals surface area contributed by atoms with Gasteiger partial charge in [-0.25, -0.2) is 13.6 Å². The molecule has 2 aromatic carbocycles. The van der Waals surface area contributed by atoms with E-state index < -0.39 is 53.4 Å². The van der Waals surface area contributed by atoms with Crippen LogP contribution in [0.4, 0.5) is 19.3 Å². The number of Topliss-reactive ketones (excluding diaryl/α,β-unsaturated/α-hetero) is 1. The average molecular weight is 492 g/mol. The summed E-state index contributed by atoms with van der Waals surface area (Å²) in [5.74, 6) is -3.63. The summed E-state index contributed by atoms with van der Waals surface area (Å²) >= 11 is 0. The van der Waals surface area contributed by atoms with E-state index in [2.05, 4.69) is 10.6 Å². The van der Waals surface area contributed by atoms with Crippen LogP contribution >= 0.6 is 0 Å². The van der Waals surface area contributed by atoms with Crippen molar-refractivity contribution in [2.75, 3.05) is 18.9 Å². The van der Waals surface area contributed by atoms with E-state index in [1.807, 2.05) is 0 Å². The van der Waals surface area contributed by atoms with Crippen molar-refractivity contribution in [3.8, 4) is 5.75 Å². The number of carbonyl (C=O) groups is 3. The van der Waals surface area contributed by atoms with Crippen LogP contribution in [0.2, 0.25) is 0 Å². The molecule has 0 aromatic heterocycles. The first-order valence-corrected chi connectivity index (χ1v) is 11.2. The van der Waals surface area contributed by atoms with Crippen molar-refractivity contribution in [3.63, 3.8) is 0 Å². The monoisotopic (exact) mass is 491 g/mol. The Morgan fingerprint density at radius 3 is 2.31 bits per heavy atom. The lowest BCUT2D eigenvalue weighted by molar-refractivity contribution is -0.123. The number of amides is 2. The standard InChI is InChI=1S/C25H31F2N3O5/c1-25(2,3)35-24(33)29-13-5-4-12-20(30-23(32)16-8-6-9-17(28)14-16)21(31)15-34-22-18(26)10-7-11-19(22)27/h6-11,14,20H,4-5,12-13,15,28H2,1-3H3,(H,29,33)(H,30,32)/t20-/m0/s1. The molecule has 0 spiro atoms. The van der Waals surface area contributed by atoms with Gasteiger partial charge in [-0.1, -0.05) is 12.1 Å². The molecule has 8 nitrogen and oxygen atoms in total. The number of nitrogen functional groups attached to an aromatic ring is 1. The number of hydrogen-bond donors (Lipinski definition) is 3. The third-order valence-corrected chi connectivity index (χ3v) is 4.71. The van der Waals surface area contributed by atoms with Crippen LogP contribution in [0.3, 0.4) is 0 Å². The van der Waals surface area contributed by atoms with Crippen molar-refractivity contribution in [2.45, 2.75) is 51.7 Å². The Morgan fingerprint density at radius 2 is 1.69 bits per heavy atom. The van der Waals surface area contributed by atoms with E-state index >= 15 is 0 Å². The highest BCUT2D eigenvalue weighted by Gasteiger charge is 2.23. The maximum absolute atomic E-state index is 13.8. The summed E-state index contributed by atoms with van der Waals surface area (Å²) < 4.78 is 37.9. The largest absolute Gasteiger partial charge is 0.480 e. The van der Waals surface area contributed by atoms with Crippen LogP contribution in [0.25, 0.3) is 0 Å². The van der Waals surface area contributed by atoms with E-state index in [4.69, 9.17) is 15.2 Å². The number of anilines is 1. The molecule has 2 aromatic rings. The number of alkyl carbamates (subject to hydrolysis) is 1. The van der Waals surface area contributed by atoms with Gasteiger partial charge in [0.1, 0.15) is 12.2 Å². The first kappa shape index (κ1) is 27.6. The second kappa shape index (κ2) is 12.7. The van der Waals surface area contributed by atoms with Crippen LogP contribution in [-0.4, -0.2) is 42.6 Å². The molecular formula is C25H31F2N3O5. The van der Waals surface area contributed by atoms with Crippen molar-refractivity contribution in [3.05, 3.63) is 59.7 Å². The Kier molecular flexibility index (Phi) is 9.98. The second-order valence-corrected chi connectivity index (χ2v) is 8.88. The number of ether oxygens (including phenoxy) is 2. The van der Waals surface area contributed by atoms with Crippen molar-refractivity contribution >= 4 is 23.5 Å². The molecule has 10 heteroatoms. The molecule has 4 N–H and O–H groups in total. The van der Waals surface area contributed by atoms with Gasteiger partial charge in [0.05, 0.1) is 6.04 Å². The zero-order valence-electron chi connectivity index (χ0n) is 20.0. The summed E-state index contributed by atoms with van der Waals surface area (Å²) in [7, 11) is 0. The molecule has 0 bridgehead atoms. The molecule has 1 atom stereocenters. The number of nitrogens with one attached hydrogen (secondary N) is 2. The number of hydrogen-bond acceptors (Lipinski definition) is 6. The van der Waals surface area contributed by atoms with Gasteiger partial charge in [-0.15, -0.1) is 0 Å². The first-order chi connectivity index (χ1) is 16.5. The molecule has 0 aliphatic heterocycles. The number of unbranched alkanes of at least 4 members (excludes halogenated alkanes) is 1. The zero-order chi connectivity index (χ0) is 26.0. The van der Waals surface area contributed by atoms with Crippen LogP contribution in [-0.2, 0) is 9.53 Å². The number of carbonyl (C=O) groups excluding carboxylic acids is 3. The summed E-state index contributed by atoms with van der Waals surface area (Å²) in [6, 6.07) is 8.45. The van der Waals surface area contributed by atoms with E-state index in [0.29, 0.717) is 25.1 Å². The number of benzene rings is 2. The molecule has 0 unspecified atom stereocenters. The third-order valence-electron chi connectivity index (χ3n) is 4.71. The molecule has 0 aliphatic rings. The second-order valence-electron chi connectivity index (χ2n) is 8.88. The third kappa shape index (κ3) is 9.60. The number of ketones is 1. The fraction of sp³-hybridized carbons (Fsp3) is 0.400. The van der Waals surface area contributed by atoms with Gasteiger partial charge in [0.2, 0.25) is 0 Å². The smallest absolute Gasteiger partial charge is 0.407 e. The van der Waals surface area contributed by atoms with Crippen molar-refractivity contribution in [1.82, 2.24) is 10.6 Å². The molecule has 0 heterocycles. The molecule has 0 fully saturated rings. The van der Waals surface area contributed by atoms with Gasteiger partial charge < -0.3 is 25.8 Å². The quantitative estimate of drug-likeness (QED) is 0.323. The van der Waals surface area contributed by atoms with E-state index in [1.165, 1.54) is 12.1 Å². The lowest BCUT2D eigenvalue weighted by atomic mass is 10.0. The number of rotatable bonds is 11. The Morgan fingerprint density at radius 1 is 1.03 bits per heavy atom. The highest BCUT2D eigenvalue weighted by Crippen LogP contribution is 2.21. The maximum atomic E-state index is 13.8. The van der Waals surface area contributed by atoms with Gasteiger partial charge in [0.15, 0.2) is 23.2 Å². The van der Waals surface area contributed by atoms with Gasteiger partial charge in [-0.3, -0.25) is 9.59 Å². The maximum Gasteiger partial charge on any atom is 0.407 e. The molecular weight excluding hydrogens is 460 g/mol. The van der Waals surface area contributed by atoms with Crippen LogP contribution in [0, 0.1) is 11.6 Å². The highest BCUT2D eigenvalue weighted by atomic mass is 19.1. The van der Waals surface area contributed by atoms with Gasteiger partial charge >= 0.3 is 6.09 Å². The number of nitrogens with two attached hydrogens (primary N) is 1. The molecule has 2 amide bonds. The minimum atomic E-state index is -0.986. The Labute approximate surface area is 203 Å². The van der Waals surface area contributed by atoms with E-state index in [1.54, 1.807) is 39.0 Å². The number of para-hydroxylation sites is 1. The van der Waals surface area contributed by atoms with Crippen molar-refractivity contribution < 1.29 is 32.6 Å². The molecule has 2 rings (SSSR count). The molecule has 35 heavy (non-hydrogen) atoms. The zero-order valence-corrected chi connectivity index (χ0v) is 20.0. The van der Waals surface area contributed by atoms with Gasteiger partial charge in [0, 0.05) is 17.8 Å². The minimum Gasteiger partial charge on any atom is -0.480 e. The predicted octanol–water partition coefficient (Wildman–Crippen LogP) is 3.99. The fourth-order valence-corrected chi connectivity index (χ4v) is 3.08. The average Bonchev–Trinajstić information content (AvgIpc) is 2.76. The molecule has 0 saturated heterocycles. The van der Waals surface area contributed by atoms with E-state index in [9.17, 15) is 23.2 Å². The SMILES string of the molecule is CC(C)(C)OC(=O)NCCCC[C@H](NC(=O)c1cccc(N)c1)C(=O)COc1c(F)cccc1F. The molecule has 0 saturated carbocycles. The normalized spacial score (nSPS) is 11.9. The molecule has 0 radical (unpaired) electrons. The predicted molar refractivity (Wildman–Crippen MR) is 127 cm³/mol. The highest BCUT2D eigenvalue weighted by molar-refractivity contribution is 5.98. The van der Waals surface area contributed by atoms with Crippen LogP contribution < -0.4 is 21.1 Å². The summed E-state index contributed by atoms with van der Waals surface area (Å²) in [6.45, 7) is 4.91. The van der Waals surface area contributed by atoms with Crippen LogP contribution in [0.15, 0.2) is 42.5 Å².